The molecule has 0 amide bonds. The molecule has 0 saturated heterocycles. The van der Waals surface area contributed by atoms with Gasteiger partial charge in [0.15, 0.2) is 6.54 Å². The minimum absolute atomic E-state index is 0.557. The van der Waals surface area contributed by atoms with E-state index >= 15 is 0 Å². The molecule has 1 aromatic heterocycles. The topological polar surface area (TPSA) is 137 Å². The zero-order chi connectivity index (χ0) is 12.3. The van der Waals surface area contributed by atoms with Crippen LogP contribution in [0.4, 0.5) is 5.95 Å². The van der Waals surface area contributed by atoms with Crippen molar-refractivity contribution in [2.45, 2.75) is 6.54 Å². The van der Waals surface area contributed by atoms with Crippen molar-refractivity contribution in [1.29, 1.82) is 0 Å². The number of carbonyl (C=O) groups is 2. The molecule has 10 nitrogen and oxygen atoms in total. The number of ether oxygens (including phenoxy) is 1. The van der Waals surface area contributed by atoms with Crippen molar-refractivity contribution in [3.05, 3.63) is 15.9 Å². The van der Waals surface area contributed by atoms with Crippen LogP contribution < -0.4 is 0 Å². The van der Waals surface area contributed by atoms with Crippen molar-refractivity contribution in [3.63, 3.8) is 0 Å². The highest BCUT2D eigenvalue weighted by Crippen LogP contribution is 2.06. The fourth-order valence-corrected chi connectivity index (χ4v) is 0.863. The lowest BCUT2D eigenvalue weighted by molar-refractivity contribution is -0.394. The van der Waals surface area contributed by atoms with Crippen LogP contribution in [0.2, 0.25) is 0 Å². The van der Waals surface area contributed by atoms with Crippen LogP contribution in [0.5, 0.6) is 0 Å². The van der Waals surface area contributed by atoms with Crippen LogP contribution in [-0.4, -0.2) is 43.8 Å². The van der Waals surface area contributed by atoms with Crippen LogP contribution in [-0.2, 0) is 16.1 Å². The first-order chi connectivity index (χ1) is 7.45. The van der Waals surface area contributed by atoms with E-state index in [1.807, 2.05) is 0 Å². The van der Waals surface area contributed by atoms with Gasteiger partial charge in [-0.3, -0.25) is 4.79 Å². The van der Waals surface area contributed by atoms with Gasteiger partial charge < -0.3 is 20.0 Å². The predicted octanol–water partition coefficient (Wildman–Crippen LogP) is -0.942. The van der Waals surface area contributed by atoms with E-state index in [1.165, 1.54) is 0 Å². The van der Waals surface area contributed by atoms with Crippen molar-refractivity contribution in [3.8, 4) is 0 Å². The van der Waals surface area contributed by atoms with Gasteiger partial charge in [0.2, 0.25) is 0 Å². The highest BCUT2D eigenvalue weighted by Gasteiger charge is 2.27. The molecule has 0 aromatic carbocycles. The zero-order valence-corrected chi connectivity index (χ0v) is 7.98. The summed E-state index contributed by atoms with van der Waals surface area (Å²) in [7, 11) is 1.09. The molecule has 0 aliphatic carbocycles. The molecule has 0 aliphatic rings. The van der Waals surface area contributed by atoms with Gasteiger partial charge in [0.25, 0.3) is 0 Å². The number of rotatable bonds is 4. The Labute approximate surface area is 87.6 Å². The summed E-state index contributed by atoms with van der Waals surface area (Å²) in [6, 6.07) is 0. The number of hydrogen-bond acceptors (Lipinski definition) is 7. The molecule has 0 bridgehead atoms. The Morgan fingerprint density at radius 2 is 2.25 bits per heavy atom. The van der Waals surface area contributed by atoms with Crippen molar-refractivity contribution in [1.82, 2.24) is 14.8 Å². The summed E-state index contributed by atoms with van der Waals surface area (Å²) in [4.78, 5) is 34.0. The second-order valence-corrected chi connectivity index (χ2v) is 2.53. The second kappa shape index (κ2) is 4.33. The number of aromatic carboxylic acids is 1. The van der Waals surface area contributed by atoms with Gasteiger partial charge in [0, 0.05) is 5.10 Å². The summed E-state index contributed by atoms with van der Waals surface area (Å²) in [6.07, 6.45) is 0. The number of carboxylic acids is 1. The Morgan fingerprint density at radius 3 is 2.69 bits per heavy atom. The fraction of sp³-hybridized carbons (Fsp3) is 0.333. The van der Waals surface area contributed by atoms with Crippen molar-refractivity contribution < 1.29 is 24.4 Å². The van der Waals surface area contributed by atoms with Crippen molar-refractivity contribution in [2.75, 3.05) is 7.11 Å². The normalized spacial score (nSPS) is 9.81. The van der Waals surface area contributed by atoms with Crippen LogP contribution in [0, 0.1) is 10.1 Å². The average Bonchev–Trinajstić information content (AvgIpc) is 2.61. The first-order valence-corrected chi connectivity index (χ1v) is 3.85. The maximum absolute atomic E-state index is 10.9. The van der Waals surface area contributed by atoms with Crippen LogP contribution in [0.1, 0.15) is 10.6 Å². The third kappa shape index (κ3) is 2.29. The average molecular weight is 230 g/mol. The maximum Gasteiger partial charge on any atom is 0.491 e. The van der Waals surface area contributed by atoms with E-state index in [0.29, 0.717) is 4.68 Å². The number of nitrogens with zero attached hydrogens (tertiary/aromatic N) is 4. The molecule has 1 rings (SSSR count). The number of nitro groups is 1. The Balaban J connectivity index is 3.10. The van der Waals surface area contributed by atoms with Crippen molar-refractivity contribution >= 4 is 17.9 Å². The number of carbonyl (C=O) groups excluding carboxylic acids is 1. The predicted molar refractivity (Wildman–Crippen MR) is 45.7 cm³/mol. The molecular weight excluding hydrogens is 224 g/mol. The van der Waals surface area contributed by atoms with E-state index in [4.69, 9.17) is 5.11 Å². The van der Waals surface area contributed by atoms with Crippen LogP contribution in [0.3, 0.4) is 0 Å². The summed E-state index contributed by atoms with van der Waals surface area (Å²) in [5, 5.41) is 22.2. The SMILES string of the molecule is COC(=O)Cn1nc([N+](=O)[O-])nc1C(=O)O. The van der Waals surface area contributed by atoms with E-state index in [-0.39, 0.29) is 0 Å². The van der Waals surface area contributed by atoms with Gasteiger partial charge >= 0.3 is 23.7 Å². The Morgan fingerprint density at radius 1 is 1.62 bits per heavy atom. The van der Waals surface area contributed by atoms with Crippen LogP contribution in [0.25, 0.3) is 0 Å². The lowest BCUT2D eigenvalue weighted by Crippen LogP contribution is -2.18. The van der Waals surface area contributed by atoms with Crippen LogP contribution in [0.15, 0.2) is 0 Å². The molecule has 0 unspecified atom stereocenters. The van der Waals surface area contributed by atoms with Crippen molar-refractivity contribution in [2.24, 2.45) is 0 Å². The molecule has 0 spiro atoms. The number of hydrogen-bond donors (Lipinski definition) is 1. The monoisotopic (exact) mass is 230 g/mol. The molecule has 0 saturated carbocycles. The van der Waals surface area contributed by atoms with E-state index in [0.717, 1.165) is 7.11 Å². The van der Waals surface area contributed by atoms with Gasteiger partial charge in [-0.05, 0) is 9.91 Å². The molecule has 0 radical (unpaired) electrons. The summed E-state index contributed by atoms with van der Waals surface area (Å²) < 4.78 is 4.86. The van der Waals surface area contributed by atoms with Gasteiger partial charge in [-0.1, -0.05) is 0 Å². The number of methoxy groups -OCH3 is 1. The Bertz CT molecular complexity index is 452. The van der Waals surface area contributed by atoms with Gasteiger partial charge in [-0.25, -0.2) is 4.79 Å². The second-order valence-electron chi connectivity index (χ2n) is 2.53. The Kier molecular flexibility index (Phi) is 3.13. The lowest BCUT2D eigenvalue weighted by Gasteiger charge is -1.96. The third-order valence-corrected chi connectivity index (χ3v) is 1.52. The smallest absolute Gasteiger partial charge is 0.474 e. The maximum atomic E-state index is 10.9. The summed E-state index contributed by atoms with van der Waals surface area (Å²) in [5.74, 6) is -3.90. The van der Waals surface area contributed by atoms with Gasteiger partial charge in [-0.2, -0.15) is 0 Å². The first-order valence-electron chi connectivity index (χ1n) is 3.85. The van der Waals surface area contributed by atoms with Crippen LogP contribution >= 0.6 is 0 Å². The number of aromatic nitrogens is 3. The summed E-state index contributed by atoms with van der Waals surface area (Å²) in [5.41, 5.74) is 0. The molecule has 0 aliphatic heterocycles. The fourth-order valence-electron chi connectivity index (χ4n) is 0.863. The summed E-state index contributed by atoms with van der Waals surface area (Å²) >= 11 is 0. The number of esters is 1. The van der Waals surface area contributed by atoms with E-state index in [2.05, 4.69) is 14.8 Å². The first kappa shape index (κ1) is 11.6. The quantitative estimate of drug-likeness (QED) is 0.397. The highest BCUT2D eigenvalue weighted by atomic mass is 16.6. The van der Waals surface area contributed by atoms with Gasteiger partial charge in [0.1, 0.15) is 0 Å². The van der Waals surface area contributed by atoms with E-state index in [1.54, 1.807) is 0 Å². The van der Waals surface area contributed by atoms with E-state index < -0.39 is 35.2 Å². The molecule has 86 valence electrons. The zero-order valence-electron chi connectivity index (χ0n) is 7.98. The Hall–Kier alpha value is -2.52. The minimum atomic E-state index is -1.52. The highest BCUT2D eigenvalue weighted by molar-refractivity contribution is 5.84. The molecule has 1 heterocycles. The molecule has 0 fully saturated rings. The molecule has 16 heavy (non-hydrogen) atoms. The largest absolute Gasteiger partial charge is 0.491 e. The minimum Gasteiger partial charge on any atom is -0.474 e. The molecule has 1 N–H and O–H groups in total. The lowest BCUT2D eigenvalue weighted by atomic mass is 10.5. The van der Waals surface area contributed by atoms with Gasteiger partial charge in [-0.15, -0.1) is 4.68 Å². The number of carboxylic acid groups (broad SMARTS) is 1. The molecule has 10 heteroatoms. The molecular formula is C6H6N4O6. The van der Waals surface area contributed by atoms with Gasteiger partial charge in [0.05, 0.1) is 7.11 Å². The molecule has 0 atom stereocenters. The molecule has 1 aromatic rings. The summed E-state index contributed by atoms with van der Waals surface area (Å²) in [6.45, 7) is -0.557. The standard InChI is InChI=1S/C6H6N4O6/c1-16-3(11)2-9-4(5(12)13)7-6(8-9)10(14)15/h2H2,1H3,(H,12,13). The third-order valence-electron chi connectivity index (χ3n) is 1.52. The van der Waals surface area contributed by atoms with E-state index in [9.17, 15) is 19.7 Å².